The second-order valence-electron chi connectivity index (χ2n) is 2.90. The van der Waals surface area contributed by atoms with Crippen LogP contribution in [-0.2, 0) is 6.54 Å². The van der Waals surface area contributed by atoms with Crippen molar-refractivity contribution in [2.45, 2.75) is 6.54 Å². The Labute approximate surface area is 71.5 Å². The van der Waals surface area contributed by atoms with Crippen LogP contribution < -0.4 is 10.6 Å². The van der Waals surface area contributed by atoms with Gasteiger partial charge >= 0.3 is 0 Å². The fraction of sp³-hybridized carbons (Fsp3) is 0.500. The number of rotatable bonds is 2. The first-order valence-corrected chi connectivity index (χ1v) is 4.11. The number of hydrogen-bond donors (Lipinski definition) is 2. The summed E-state index contributed by atoms with van der Waals surface area (Å²) in [5, 5.41) is 6.44. The molecular formula is C8H13N3O. The molecule has 4 nitrogen and oxygen atoms in total. The lowest BCUT2D eigenvalue weighted by Gasteiger charge is -2.27. The predicted octanol–water partition coefficient (Wildman–Crippen LogP) is 0.147. The van der Waals surface area contributed by atoms with Gasteiger partial charge in [-0.2, -0.15) is 0 Å². The highest BCUT2D eigenvalue weighted by atomic mass is 16.3. The van der Waals surface area contributed by atoms with Gasteiger partial charge in [0.2, 0.25) is 0 Å². The summed E-state index contributed by atoms with van der Waals surface area (Å²) in [7, 11) is 0. The van der Waals surface area contributed by atoms with E-state index in [1.54, 1.807) is 6.26 Å². The molecule has 0 aliphatic carbocycles. The highest BCUT2D eigenvalue weighted by Gasteiger charge is 2.09. The second-order valence-corrected chi connectivity index (χ2v) is 2.90. The van der Waals surface area contributed by atoms with Crippen LogP contribution in [0, 0.1) is 0 Å². The van der Waals surface area contributed by atoms with Gasteiger partial charge in [-0.15, -0.1) is 0 Å². The van der Waals surface area contributed by atoms with Gasteiger partial charge in [0.25, 0.3) is 0 Å². The van der Waals surface area contributed by atoms with E-state index in [9.17, 15) is 0 Å². The highest BCUT2D eigenvalue weighted by Crippen LogP contribution is 2.04. The molecule has 4 heteroatoms. The van der Waals surface area contributed by atoms with Gasteiger partial charge in [-0.05, 0) is 12.1 Å². The van der Waals surface area contributed by atoms with E-state index in [0.29, 0.717) is 0 Å². The molecule has 66 valence electrons. The van der Waals surface area contributed by atoms with Crippen LogP contribution in [0.2, 0.25) is 0 Å². The normalized spacial score (nSPS) is 19.7. The summed E-state index contributed by atoms with van der Waals surface area (Å²) in [4.78, 5) is 2.24. The molecule has 0 radical (unpaired) electrons. The van der Waals surface area contributed by atoms with Crippen LogP contribution in [0.3, 0.4) is 0 Å². The van der Waals surface area contributed by atoms with Crippen molar-refractivity contribution in [1.29, 1.82) is 0 Å². The van der Waals surface area contributed by atoms with Crippen molar-refractivity contribution in [3.8, 4) is 0 Å². The standard InChI is InChI=1S/C8H13N3O/c1-2-8(12-3-1)4-11-6-9-5-10-7-11/h1-3,9-10H,4-7H2. The summed E-state index contributed by atoms with van der Waals surface area (Å²) in [5.74, 6) is 1.01. The molecule has 1 saturated heterocycles. The van der Waals surface area contributed by atoms with Crippen LogP contribution in [0.25, 0.3) is 0 Å². The summed E-state index contributed by atoms with van der Waals surface area (Å²) in [5.41, 5.74) is 0. The van der Waals surface area contributed by atoms with E-state index in [-0.39, 0.29) is 0 Å². The van der Waals surface area contributed by atoms with Crippen molar-refractivity contribution in [2.75, 3.05) is 20.0 Å². The summed E-state index contributed by atoms with van der Waals surface area (Å²) in [6.07, 6.45) is 1.71. The Morgan fingerprint density at radius 3 is 2.92 bits per heavy atom. The molecule has 0 saturated carbocycles. The fourth-order valence-corrected chi connectivity index (χ4v) is 1.31. The zero-order valence-corrected chi connectivity index (χ0v) is 6.92. The summed E-state index contributed by atoms with van der Waals surface area (Å²) in [6.45, 7) is 3.61. The molecule has 2 N–H and O–H groups in total. The smallest absolute Gasteiger partial charge is 0.117 e. The SMILES string of the molecule is c1coc(CN2CNCNC2)c1. The molecule has 2 heterocycles. The van der Waals surface area contributed by atoms with E-state index < -0.39 is 0 Å². The molecule has 2 rings (SSSR count). The molecular weight excluding hydrogens is 154 g/mol. The van der Waals surface area contributed by atoms with Crippen molar-refractivity contribution in [1.82, 2.24) is 15.5 Å². The lowest BCUT2D eigenvalue weighted by atomic mass is 10.4. The first-order chi connectivity index (χ1) is 5.95. The maximum absolute atomic E-state index is 5.24. The van der Waals surface area contributed by atoms with E-state index in [0.717, 1.165) is 32.3 Å². The molecule has 0 aromatic carbocycles. The highest BCUT2D eigenvalue weighted by molar-refractivity contribution is 4.97. The Kier molecular flexibility index (Phi) is 2.41. The predicted molar refractivity (Wildman–Crippen MR) is 45.1 cm³/mol. The van der Waals surface area contributed by atoms with Gasteiger partial charge in [0.15, 0.2) is 0 Å². The van der Waals surface area contributed by atoms with Gasteiger partial charge in [0, 0.05) is 6.67 Å². The average Bonchev–Trinajstić information content (AvgIpc) is 2.59. The average molecular weight is 167 g/mol. The Bertz CT molecular complexity index is 216. The lowest BCUT2D eigenvalue weighted by Crippen LogP contribution is -2.49. The maximum Gasteiger partial charge on any atom is 0.117 e. The minimum absolute atomic E-state index is 0.868. The van der Waals surface area contributed by atoms with E-state index in [1.807, 2.05) is 12.1 Å². The molecule has 0 atom stereocenters. The zero-order chi connectivity index (χ0) is 8.23. The molecule has 1 aliphatic heterocycles. The number of furan rings is 1. The largest absolute Gasteiger partial charge is 0.468 e. The molecule has 12 heavy (non-hydrogen) atoms. The van der Waals surface area contributed by atoms with E-state index in [4.69, 9.17) is 4.42 Å². The van der Waals surface area contributed by atoms with Gasteiger partial charge in [-0.3, -0.25) is 15.5 Å². The maximum atomic E-state index is 5.24. The minimum Gasteiger partial charge on any atom is -0.468 e. The molecule has 0 bridgehead atoms. The lowest BCUT2D eigenvalue weighted by molar-refractivity contribution is 0.171. The van der Waals surface area contributed by atoms with Gasteiger partial charge in [0.1, 0.15) is 5.76 Å². The van der Waals surface area contributed by atoms with Crippen LogP contribution in [0.4, 0.5) is 0 Å². The van der Waals surface area contributed by atoms with Crippen LogP contribution >= 0.6 is 0 Å². The third-order valence-electron chi connectivity index (χ3n) is 1.88. The van der Waals surface area contributed by atoms with Crippen LogP contribution in [-0.4, -0.2) is 24.9 Å². The van der Waals surface area contributed by atoms with Crippen molar-refractivity contribution in [3.05, 3.63) is 24.2 Å². The molecule has 0 spiro atoms. The van der Waals surface area contributed by atoms with Crippen LogP contribution in [0.15, 0.2) is 22.8 Å². The quantitative estimate of drug-likeness (QED) is 0.657. The monoisotopic (exact) mass is 167 g/mol. The van der Waals surface area contributed by atoms with Crippen molar-refractivity contribution in [2.24, 2.45) is 0 Å². The summed E-state index contributed by atoms with van der Waals surface area (Å²) >= 11 is 0. The Hall–Kier alpha value is -0.840. The third kappa shape index (κ3) is 1.85. The minimum atomic E-state index is 0.868. The molecule has 1 aliphatic rings. The first-order valence-electron chi connectivity index (χ1n) is 4.11. The second kappa shape index (κ2) is 3.71. The van der Waals surface area contributed by atoms with E-state index in [2.05, 4.69) is 15.5 Å². The van der Waals surface area contributed by atoms with E-state index >= 15 is 0 Å². The van der Waals surface area contributed by atoms with Gasteiger partial charge in [-0.1, -0.05) is 0 Å². The van der Waals surface area contributed by atoms with Crippen molar-refractivity contribution >= 4 is 0 Å². The van der Waals surface area contributed by atoms with Crippen LogP contribution in [0.5, 0.6) is 0 Å². The molecule has 0 amide bonds. The third-order valence-corrected chi connectivity index (χ3v) is 1.88. The summed E-state index contributed by atoms with van der Waals surface area (Å²) in [6, 6.07) is 3.91. The number of nitrogens with one attached hydrogen (secondary N) is 2. The van der Waals surface area contributed by atoms with Gasteiger partial charge < -0.3 is 4.42 Å². The fourth-order valence-electron chi connectivity index (χ4n) is 1.31. The van der Waals surface area contributed by atoms with Gasteiger partial charge in [0.05, 0.1) is 26.1 Å². The van der Waals surface area contributed by atoms with Crippen LogP contribution in [0.1, 0.15) is 5.76 Å². The first kappa shape index (κ1) is 7.79. The zero-order valence-electron chi connectivity index (χ0n) is 6.92. The number of nitrogens with zero attached hydrogens (tertiary/aromatic N) is 1. The Balaban J connectivity index is 1.86. The van der Waals surface area contributed by atoms with Gasteiger partial charge in [-0.25, -0.2) is 0 Å². The number of hydrogen-bond acceptors (Lipinski definition) is 4. The Morgan fingerprint density at radius 2 is 2.25 bits per heavy atom. The molecule has 0 unspecified atom stereocenters. The summed E-state index contributed by atoms with van der Waals surface area (Å²) < 4.78 is 5.24. The van der Waals surface area contributed by atoms with Crippen molar-refractivity contribution < 1.29 is 4.42 Å². The topological polar surface area (TPSA) is 40.4 Å². The molecule has 1 fully saturated rings. The Morgan fingerprint density at radius 1 is 1.42 bits per heavy atom. The van der Waals surface area contributed by atoms with E-state index in [1.165, 1.54) is 0 Å². The molecule has 1 aromatic heterocycles. The van der Waals surface area contributed by atoms with Crippen molar-refractivity contribution in [3.63, 3.8) is 0 Å². The molecule has 1 aromatic rings.